The van der Waals surface area contributed by atoms with Gasteiger partial charge in [0, 0.05) is 61.6 Å². The van der Waals surface area contributed by atoms with Gasteiger partial charge in [-0.25, -0.2) is 9.97 Å². The van der Waals surface area contributed by atoms with E-state index >= 15 is 0 Å². The number of ether oxygens (including phenoxy) is 1. The molecule has 0 saturated carbocycles. The Bertz CT molecular complexity index is 1690. The van der Waals surface area contributed by atoms with Crippen LogP contribution in [0.25, 0.3) is 32.5 Å². The van der Waals surface area contributed by atoms with Crippen molar-refractivity contribution in [3.63, 3.8) is 0 Å². The van der Waals surface area contributed by atoms with Crippen LogP contribution in [0.3, 0.4) is 0 Å². The maximum atomic E-state index is 9.19. The summed E-state index contributed by atoms with van der Waals surface area (Å²) >= 11 is 1.83. The fraction of sp³-hybridized carbons (Fsp3) is 0.423. The van der Waals surface area contributed by atoms with Crippen LogP contribution in [0.5, 0.6) is 0 Å². The van der Waals surface area contributed by atoms with Crippen molar-refractivity contribution in [2.24, 2.45) is 0 Å². The lowest BCUT2D eigenvalue weighted by atomic mass is 10.1. The fourth-order valence-electron chi connectivity index (χ4n) is 4.86. The van der Waals surface area contributed by atoms with E-state index in [2.05, 4.69) is 54.4 Å². The van der Waals surface area contributed by atoms with Crippen molar-refractivity contribution in [3.05, 3.63) is 35.3 Å². The molecule has 0 amide bonds. The zero-order chi connectivity index (χ0) is 28.5. The van der Waals surface area contributed by atoms with Gasteiger partial charge in [-0.1, -0.05) is 23.9 Å². The molecule has 3 aromatic heterocycles. The predicted molar refractivity (Wildman–Crippen MR) is 168 cm³/mol. The van der Waals surface area contributed by atoms with Crippen LogP contribution in [0.15, 0.2) is 30.5 Å². The second-order valence-corrected chi connectivity index (χ2v) is 15.8. The number of H-pyrrole nitrogens is 1. The molecule has 5 heterocycles. The highest BCUT2D eigenvalue weighted by molar-refractivity contribution is 8.25. The molecule has 0 aliphatic carbocycles. The Morgan fingerprint density at radius 3 is 2.45 bits per heavy atom. The van der Waals surface area contributed by atoms with Crippen molar-refractivity contribution in [1.82, 2.24) is 29.4 Å². The Kier molecular flexibility index (Phi) is 8.47. The lowest BCUT2D eigenvalue weighted by molar-refractivity contribution is 0.122. The molecule has 2 aliphatic rings. The monoisotopic (exact) mass is 605 g/mol. The Morgan fingerprint density at radius 1 is 1.07 bits per heavy atom. The number of fused-ring (bicyclic) bond motifs is 2. The van der Waals surface area contributed by atoms with Gasteiger partial charge in [0.1, 0.15) is 0 Å². The summed E-state index contributed by atoms with van der Waals surface area (Å²) in [6, 6.07) is 8.40. The van der Waals surface area contributed by atoms with E-state index in [9.17, 15) is 8.42 Å². The second-order valence-electron chi connectivity index (χ2n) is 10.2. The highest BCUT2D eigenvalue weighted by atomic mass is 32.2. The molecular weight excluding hydrogens is 571 g/mol. The van der Waals surface area contributed by atoms with E-state index in [1.54, 1.807) is 0 Å². The molecule has 216 valence electrons. The Balaban J connectivity index is 0.000000595. The van der Waals surface area contributed by atoms with E-state index in [1.165, 1.54) is 4.88 Å². The zero-order valence-corrected chi connectivity index (χ0v) is 25.2. The fourth-order valence-corrected chi connectivity index (χ4v) is 7.06. The number of nitrogens with one attached hydrogen (secondary N) is 1. The van der Waals surface area contributed by atoms with Crippen LogP contribution in [-0.4, -0.2) is 119 Å². The minimum absolute atomic E-state index is 0.715. The third kappa shape index (κ3) is 7.00. The van der Waals surface area contributed by atoms with Crippen LogP contribution in [0, 0.1) is 0 Å². The number of hydrogen-bond acceptors (Lipinski definition) is 10. The van der Waals surface area contributed by atoms with Crippen LogP contribution in [0.2, 0.25) is 0 Å². The molecule has 1 aromatic carbocycles. The predicted octanol–water partition coefficient (Wildman–Crippen LogP) is 2.91. The van der Waals surface area contributed by atoms with Gasteiger partial charge in [0.25, 0.3) is 10.1 Å². The number of benzene rings is 1. The molecule has 0 unspecified atom stereocenters. The van der Waals surface area contributed by atoms with Crippen molar-refractivity contribution in [3.8, 4) is 11.4 Å². The average Bonchev–Trinajstić information content (AvgIpc) is 3.54. The normalized spacial score (nSPS) is 17.7. The lowest BCUT2D eigenvalue weighted by Gasteiger charge is -2.37. The van der Waals surface area contributed by atoms with Gasteiger partial charge in [0.15, 0.2) is 11.6 Å². The van der Waals surface area contributed by atoms with Crippen molar-refractivity contribution < 1.29 is 17.7 Å². The maximum absolute atomic E-state index is 9.19. The van der Waals surface area contributed by atoms with Crippen LogP contribution in [-0.2, 0) is 21.4 Å². The van der Waals surface area contributed by atoms with E-state index in [4.69, 9.17) is 19.3 Å². The van der Waals surface area contributed by atoms with E-state index in [0.717, 1.165) is 97.4 Å². The summed E-state index contributed by atoms with van der Waals surface area (Å²) in [6.45, 7) is 8.20. The number of piperazine rings is 1. The quantitative estimate of drug-likeness (QED) is 0.259. The molecule has 14 heteroatoms. The smallest absolute Gasteiger partial charge is 0.261 e. The molecule has 0 atom stereocenters. The molecule has 0 spiro atoms. The topological polar surface area (TPSA) is 128 Å². The molecule has 6 rings (SSSR count). The van der Waals surface area contributed by atoms with Crippen molar-refractivity contribution in [1.29, 1.82) is 0 Å². The van der Waals surface area contributed by atoms with Crippen molar-refractivity contribution in [2.75, 3.05) is 69.9 Å². The maximum Gasteiger partial charge on any atom is 0.261 e. The van der Waals surface area contributed by atoms with Gasteiger partial charge in [-0.15, -0.1) is 11.3 Å². The van der Waals surface area contributed by atoms with Crippen LogP contribution < -0.4 is 4.90 Å². The first-order chi connectivity index (χ1) is 19.0. The molecule has 2 aliphatic heterocycles. The molecule has 11 nitrogen and oxygen atoms in total. The van der Waals surface area contributed by atoms with Gasteiger partial charge in [-0.2, -0.15) is 22.9 Å². The number of thiophene rings is 1. The first-order valence-electron chi connectivity index (χ1n) is 12.9. The summed E-state index contributed by atoms with van der Waals surface area (Å²) in [5.74, 6) is 10.3. The minimum Gasteiger partial charge on any atom is -0.378 e. The summed E-state index contributed by atoms with van der Waals surface area (Å²) in [7, 11) is -4.80. The SMILES string of the molecule is C=S(=C)(C)N1CCN(Cc2cc3nc(-c4cccc5[nH]ncc45)nc(N4CCOCC4)c3s2)CC1.CS(=O)(=O)O. The van der Waals surface area contributed by atoms with Crippen molar-refractivity contribution in [2.45, 2.75) is 6.54 Å². The van der Waals surface area contributed by atoms with Gasteiger partial charge >= 0.3 is 0 Å². The van der Waals surface area contributed by atoms with Gasteiger partial charge < -0.3 is 9.64 Å². The number of hydrogen-bond donors (Lipinski definition) is 2. The van der Waals surface area contributed by atoms with E-state index < -0.39 is 19.5 Å². The van der Waals surface area contributed by atoms with E-state index in [1.807, 2.05) is 29.7 Å². The molecule has 4 aromatic rings. The van der Waals surface area contributed by atoms with Gasteiger partial charge in [0.05, 0.1) is 41.4 Å². The molecule has 2 saturated heterocycles. The number of morpholine rings is 1. The van der Waals surface area contributed by atoms with Gasteiger partial charge in [-0.05, 0) is 18.4 Å². The molecule has 0 radical (unpaired) electrons. The zero-order valence-electron chi connectivity index (χ0n) is 22.7. The lowest BCUT2D eigenvalue weighted by Crippen LogP contribution is -2.43. The summed E-state index contributed by atoms with van der Waals surface area (Å²) in [4.78, 5) is 16.4. The largest absolute Gasteiger partial charge is 0.378 e. The summed E-state index contributed by atoms with van der Waals surface area (Å²) in [5, 5.41) is 8.33. The first kappa shape index (κ1) is 28.9. The van der Waals surface area contributed by atoms with Crippen molar-refractivity contribution >= 4 is 69.5 Å². The minimum atomic E-state index is -3.67. The Labute approximate surface area is 239 Å². The number of aromatic nitrogens is 4. The standard InChI is InChI=1S/C25H31N7OS2.CH4O3S/c1-35(2,3)32-9-7-30(8-10-32)17-18-15-22-23(34-18)25(31-11-13-33-14-12-31)28-24(27-22)19-5-4-6-21-20(19)16-26-29-21;1-5(2,3)4/h4-6,15-16H,1-2,7-14,17H2,3H3,(H,26,29);1H3,(H,2,3,4). The molecule has 40 heavy (non-hydrogen) atoms. The Hall–Kier alpha value is -2.59. The van der Waals surface area contributed by atoms with Crippen LogP contribution in [0.4, 0.5) is 5.82 Å². The van der Waals surface area contributed by atoms with Gasteiger partial charge in [-0.3, -0.25) is 18.9 Å². The Morgan fingerprint density at radius 2 is 1.77 bits per heavy atom. The first-order valence-corrected chi connectivity index (χ1v) is 17.9. The number of anilines is 1. The average molecular weight is 606 g/mol. The molecule has 2 N–H and O–H groups in total. The number of aromatic amines is 1. The van der Waals surface area contributed by atoms with Gasteiger partial charge in [0.2, 0.25) is 0 Å². The summed E-state index contributed by atoms with van der Waals surface area (Å²) in [6.07, 6.45) is 4.74. The van der Waals surface area contributed by atoms with E-state index in [-0.39, 0.29) is 0 Å². The second kappa shape index (κ2) is 11.7. The third-order valence-electron chi connectivity index (χ3n) is 6.78. The number of nitrogens with zero attached hydrogens (tertiary/aromatic N) is 6. The number of rotatable bonds is 5. The third-order valence-corrected chi connectivity index (χ3v) is 9.49. The van der Waals surface area contributed by atoms with Crippen LogP contribution >= 0.6 is 20.7 Å². The van der Waals surface area contributed by atoms with E-state index in [0.29, 0.717) is 6.26 Å². The summed E-state index contributed by atoms with van der Waals surface area (Å²) < 4.78 is 35.1. The highest BCUT2D eigenvalue weighted by Crippen LogP contribution is 2.36. The summed E-state index contributed by atoms with van der Waals surface area (Å²) in [5.41, 5.74) is 3.01. The molecular formula is C26H35N7O4S3. The highest BCUT2D eigenvalue weighted by Gasteiger charge is 2.23. The molecule has 2 fully saturated rings. The molecule has 0 bridgehead atoms. The van der Waals surface area contributed by atoms with Crippen LogP contribution in [0.1, 0.15) is 4.88 Å².